The molecule has 0 fully saturated rings. The van der Waals surface area contributed by atoms with Crippen molar-refractivity contribution in [3.8, 4) is 0 Å². The summed E-state index contributed by atoms with van der Waals surface area (Å²) in [5.41, 5.74) is 0. The van der Waals surface area contributed by atoms with Crippen LogP contribution in [0.15, 0.2) is 0 Å². The van der Waals surface area contributed by atoms with Gasteiger partial charge in [0, 0.05) is 13.0 Å². The second-order valence-electron chi connectivity index (χ2n) is 9.57. The fourth-order valence-electron chi connectivity index (χ4n) is 3.23. The number of rotatable bonds is 20. The summed E-state index contributed by atoms with van der Waals surface area (Å²) < 4.78 is 17.1. The molecule has 0 rings (SSSR count). The molecule has 1 atom stereocenters. The molecular formula is C24H50NO4P. The van der Waals surface area contributed by atoms with Crippen molar-refractivity contribution in [3.05, 3.63) is 0 Å². The zero-order chi connectivity index (χ0) is 22.7. The van der Waals surface area contributed by atoms with Crippen LogP contribution in [0.5, 0.6) is 0 Å². The Bertz CT molecular complexity index is 463. The van der Waals surface area contributed by atoms with Gasteiger partial charge in [-0.15, -0.1) is 0 Å². The van der Waals surface area contributed by atoms with E-state index in [1.165, 1.54) is 57.8 Å². The van der Waals surface area contributed by atoms with Gasteiger partial charge in [0.25, 0.3) is 0 Å². The van der Waals surface area contributed by atoms with Crippen LogP contribution in [-0.2, 0) is 13.9 Å². The summed E-state index contributed by atoms with van der Waals surface area (Å²) in [4.78, 5) is 21.7. The molecule has 0 aliphatic rings. The van der Waals surface area contributed by atoms with E-state index in [9.17, 15) is 14.3 Å². The highest BCUT2D eigenvalue weighted by Crippen LogP contribution is 2.54. The molecule has 0 aromatic heterocycles. The Morgan fingerprint density at radius 3 is 1.80 bits per heavy atom. The van der Waals surface area contributed by atoms with Crippen molar-refractivity contribution < 1.29 is 18.8 Å². The molecule has 0 aromatic carbocycles. The molecule has 0 bridgehead atoms. The maximum atomic E-state index is 11.9. The minimum atomic E-state index is -3.54. The summed E-state index contributed by atoms with van der Waals surface area (Å²) in [6, 6.07) is 0. The Labute approximate surface area is 186 Å². The average molecular weight is 448 g/mol. The van der Waals surface area contributed by atoms with Crippen LogP contribution in [0.2, 0.25) is 0 Å². The van der Waals surface area contributed by atoms with Crippen LogP contribution in [0.25, 0.3) is 0 Å². The van der Waals surface area contributed by atoms with Gasteiger partial charge >= 0.3 is 7.60 Å². The lowest BCUT2D eigenvalue weighted by Crippen LogP contribution is -2.23. The highest BCUT2D eigenvalue weighted by molar-refractivity contribution is 7.54. The fraction of sp³-hybridized carbons (Fsp3) is 0.958. The van der Waals surface area contributed by atoms with Gasteiger partial charge < -0.3 is 14.7 Å². The van der Waals surface area contributed by atoms with E-state index >= 15 is 0 Å². The number of carbonyl (C=O) groups excluding carboxylic acids is 1. The maximum Gasteiger partial charge on any atom is 0.333 e. The quantitative estimate of drug-likeness (QED) is 0.151. The number of hydrogen-bond donors (Lipinski definition) is 2. The van der Waals surface area contributed by atoms with Crippen LogP contribution in [0, 0.1) is 0 Å². The standard InChI is InChI=1S/C24H50NO4P/c1-5-6-7-8-9-10-11-12-13-14-17-20-23(26)25-21-18-15-16-19-22-29-30(27,28)24(2,3)4/h5-22H2,1-4H3,(H,25,26)(H,27,28). The second-order valence-corrected chi connectivity index (χ2v) is 12.2. The Hall–Kier alpha value is -0.380. The van der Waals surface area contributed by atoms with Gasteiger partial charge in [-0.3, -0.25) is 9.36 Å². The normalized spacial score (nSPS) is 13.9. The molecule has 0 saturated carbocycles. The van der Waals surface area contributed by atoms with Gasteiger partial charge in [0.2, 0.25) is 5.91 Å². The first-order chi connectivity index (χ1) is 14.2. The topological polar surface area (TPSA) is 75.6 Å². The lowest BCUT2D eigenvalue weighted by atomic mass is 10.1. The number of unbranched alkanes of at least 4 members (excludes halogenated alkanes) is 13. The largest absolute Gasteiger partial charge is 0.356 e. The summed E-state index contributed by atoms with van der Waals surface area (Å²) in [5, 5.41) is 2.27. The third kappa shape index (κ3) is 17.3. The number of nitrogens with one attached hydrogen (secondary N) is 1. The van der Waals surface area contributed by atoms with E-state index in [2.05, 4.69) is 12.2 Å². The highest BCUT2D eigenvalue weighted by atomic mass is 31.2. The van der Waals surface area contributed by atoms with Gasteiger partial charge in [-0.25, -0.2) is 0 Å². The van der Waals surface area contributed by atoms with E-state index in [0.717, 1.165) is 45.1 Å². The Balaban J connectivity index is 3.36. The van der Waals surface area contributed by atoms with Crippen molar-refractivity contribution in [3.63, 3.8) is 0 Å². The van der Waals surface area contributed by atoms with E-state index in [0.29, 0.717) is 13.0 Å². The van der Waals surface area contributed by atoms with Gasteiger partial charge in [0.05, 0.1) is 11.8 Å². The molecule has 2 N–H and O–H groups in total. The average Bonchev–Trinajstić information content (AvgIpc) is 2.67. The smallest absolute Gasteiger partial charge is 0.333 e. The van der Waals surface area contributed by atoms with Crippen molar-refractivity contribution in [2.45, 2.75) is 136 Å². The third-order valence-electron chi connectivity index (χ3n) is 5.51. The summed E-state index contributed by atoms with van der Waals surface area (Å²) in [7, 11) is -3.54. The summed E-state index contributed by atoms with van der Waals surface area (Å²) in [5.74, 6) is 0.167. The second kappa shape index (κ2) is 18.2. The van der Waals surface area contributed by atoms with E-state index in [4.69, 9.17) is 4.52 Å². The molecule has 180 valence electrons. The third-order valence-corrected chi connectivity index (χ3v) is 7.74. The first-order valence-electron chi connectivity index (χ1n) is 12.4. The van der Waals surface area contributed by atoms with Crippen molar-refractivity contribution in [1.82, 2.24) is 5.32 Å². The number of amides is 1. The van der Waals surface area contributed by atoms with Crippen LogP contribution < -0.4 is 5.32 Å². The van der Waals surface area contributed by atoms with Crippen LogP contribution >= 0.6 is 7.60 Å². The zero-order valence-corrected chi connectivity index (χ0v) is 21.2. The first-order valence-corrected chi connectivity index (χ1v) is 14.0. The van der Waals surface area contributed by atoms with Crippen molar-refractivity contribution in [2.24, 2.45) is 0 Å². The minimum Gasteiger partial charge on any atom is -0.356 e. The first kappa shape index (κ1) is 29.6. The van der Waals surface area contributed by atoms with Crippen molar-refractivity contribution in [2.75, 3.05) is 13.2 Å². The molecule has 0 aliphatic heterocycles. The van der Waals surface area contributed by atoms with Crippen molar-refractivity contribution >= 4 is 13.5 Å². The van der Waals surface area contributed by atoms with Crippen LogP contribution in [-0.4, -0.2) is 29.1 Å². The molecule has 1 unspecified atom stereocenters. The molecule has 6 heteroatoms. The lowest BCUT2D eigenvalue weighted by Gasteiger charge is -2.24. The SMILES string of the molecule is CCCCCCCCCCCCCC(=O)NCCCCCCOP(=O)(O)C(C)(C)C. The van der Waals surface area contributed by atoms with E-state index in [1.54, 1.807) is 20.8 Å². The van der Waals surface area contributed by atoms with Gasteiger partial charge in [-0.2, -0.15) is 0 Å². The van der Waals surface area contributed by atoms with Gasteiger partial charge in [-0.1, -0.05) is 84.0 Å². The monoisotopic (exact) mass is 447 g/mol. The lowest BCUT2D eigenvalue weighted by molar-refractivity contribution is -0.121. The predicted octanol–water partition coefficient (Wildman–Crippen LogP) is 7.36. The van der Waals surface area contributed by atoms with Gasteiger partial charge in [0.1, 0.15) is 0 Å². The van der Waals surface area contributed by atoms with Crippen LogP contribution in [0.4, 0.5) is 0 Å². The van der Waals surface area contributed by atoms with Gasteiger partial charge in [0.15, 0.2) is 0 Å². The maximum absolute atomic E-state index is 11.9. The Kier molecular flexibility index (Phi) is 18.0. The van der Waals surface area contributed by atoms with Crippen molar-refractivity contribution in [1.29, 1.82) is 0 Å². The Morgan fingerprint density at radius 2 is 1.27 bits per heavy atom. The molecule has 0 aromatic rings. The minimum absolute atomic E-state index is 0.167. The van der Waals surface area contributed by atoms with E-state index in [-0.39, 0.29) is 5.91 Å². The number of carbonyl (C=O) groups is 1. The molecule has 0 saturated heterocycles. The molecular weight excluding hydrogens is 397 g/mol. The molecule has 5 nitrogen and oxygen atoms in total. The molecule has 1 amide bonds. The molecule has 0 spiro atoms. The summed E-state index contributed by atoms with van der Waals surface area (Å²) >= 11 is 0. The molecule has 0 aliphatic carbocycles. The molecule has 30 heavy (non-hydrogen) atoms. The summed E-state index contributed by atoms with van der Waals surface area (Å²) in [6.07, 6.45) is 18.6. The van der Waals surface area contributed by atoms with Gasteiger partial charge in [-0.05, 0) is 40.0 Å². The zero-order valence-electron chi connectivity index (χ0n) is 20.3. The van der Waals surface area contributed by atoms with Crippen LogP contribution in [0.1, 0.15) is 130 Å². The van der Waals surface area contributed by atoms with E-state index < -0.39 is 12.8 Å². The molecule has 0 heterocycles. The summed E-state index contributed by atoms with van der Waals surface area (Å²) in [6.45, 7) is 8.44. The molecule has 0 radical (unpaired) electrons. The number of hydrogen-bond acceptors (Lipinski definition) is 3. The Morgan fingerprint density at radius 1 is 0.800 bits per heavy atom. The van der Waals surface area contributed by atoms with E-state index in [1.807, 2.05) is 0 Å². The highest BCUT2D eigenvalue weighted by Gasteiger charge is 2.35. The van der Waals surface area contributed by atoms with Crippen LogP contribution in [0.3, 0.4) is 0 Å². The predicted molar refractivity (Wildman–Crippen MR) is 128 cm³/mol. The fourth-order valence-corrected chi connectivity index (χ4v) is 3.99.